The molecule has 166 valence electrons. The molecule has 1 aromatic heterocycles. The van der Waals surface area contributed by atoms with Crippen LogP contribution >= 0.6 is 0 Å². The molecule has 2 fully saturated rings. The number of anilines is 4. The number of nitrogens with zero attached hydrogens (tertiary/aromatic N) is 5. The Balaban J connectivity index is 1.31. The molecule has 4 N–H and O–H groups in total. The first-order chi connectivity index (χ1) is 15.8. The summed E-state index contributed by atoms with van der Waals surface area (Å²) in [5.74, 6) is 0.579. The SMILES string of the molecule is CN1CN[NH2+]N1c1ccc(Nc2nccc(-c3cccc(N4CCCOCC4)c3)n2)cc1. The van der Waals surface area contributed by atoms with Gasteiger partial charge in [-0.3, -0.25) is 0 Å². The molecule has 2 aliphatic rings. The predicted octanol–water partition coefficient (Wildman–Crippen LogP) is 1.72. The van der Waals surface area contributed by atoms with Gasteiger partial charge in [-0.1, -0.05) is 12.1 Å². The van der Waals surface area contributed by atoms with E-state index in [2.05, 4.69) is 67.2 Å². The van der Waals surface area contributed by atoms with Gasteiger partial charge in [0, 0.05) is 49.9 Å². The molecule has 2 saturated heterocycles. The summed E-state index contributed by atoms with van der Waals surface area (Å²) in [5, 5.41) is 7.49. The lowest BCUT2D eigenvalue weighted by atomic mass is 10.1. The number of quaternary nitrogens is 1. The van der Waals surface area contributed by atoms with E-state index in [9.17, 15) is 0 Å². The van der Waals surface area contributed by atoms with Crippen molar-refractivity contribution in [3.8, 4) is 11.3 Å². The normalized spacial score (nSPS) is 17.4. The third-order valence-electron chi connectivity index (χ3n) is 5.67. The van der Waals surface area contributed by atoms with Crippen LogP contribution in [0.15, 0.2) is 60.8 Å². The highest BCUT2D eigenvalue weighted by atomic mass is 16.5. The lowest BCUT2D eigenvalue weighted by Gasteiger charge is -2.22. The molecule has 0 spiro atoms. The van der Waals surface area contributed by atoms with E-state index >= 15 is 0 Å². The highest BCUT2D eigenvalue weighted by Crippen LogP contribution is 2.25. The van der Waals surface area contributed by atoms with Gasteiger partial charge in [-0.15, -0.1) is 10.5 Å². The Kier molecular flexibility index (Phi) is 6.13. The first-order valence-corrected chi connectivity index (χ1v) is 11.0. The van der Waals surface area contributed by atoms with Gasteiger partial charge in [-0.05, 0) is 48.9 Å². The Morgan fingerprint density at radius 3 is 2.78 bits per heavy atom. The average molecular weight is 434 g/mol. The highest BCUT2D eigenvalue weighted by Gasteiger charge is 2.21. The molecule has 0 unspecified atom stereocenters. The van der Waals surface area contributed by atoms with E-state index in [1.54, 1.807) is 6.20 Å². The van der Waals surface area contributed by atoms with Gasteiger partial charge < -0.3 is 15.0 Å². The van der Waals surface area contributed by atoms with Crippen LogP contribution in [0.3, 0.4) is 0 Å². The van der Waals surface area contributed by atoms with Crippen molar-refractivity contribution in [3.05, 3.63) is 60.8 Å². The summed E-state index contributed by atoms with van der Waals surface area (Å²) in [6.07, 6.45) is 2.85. The van der Waals surface area contributed by atoms with Gasteiger partial charge in [0.05, 0.1) is 12.3 Å². The molecular weight excluding hydrogens is 404 g/mol. The summed E-state index contributed by atoms with van der Waals surface area (Å²) in [6.45, 7) is 4.33. The Morgan fingerprint density at radius 2 is 1.94 bits per heavy atom. The van der Waals surface area contributed by atoms with E-state index in [-0.39, 0.29) is 0 Å². The number of ether oxygens (including phenoxy) is 1. The van der Waals surface area contributed by atoms with Gasteiger partial charge in [-0.25, -0.2) is 9.97 Å². The zero-order valence-corrected chi connectivity index (χ0v) is 18.2. The second kappa shape index (κ2) is 9.49. The fraction of sp³-hybridized carbons (Fsp3) is 0.304. The summed E-state index contributed by atoms with van der Waals surface area (Å²) in [6, 6.07) is 18.7. The molecule has 5 rings (SSSR count). The molecule has 9 nitrogen and oxygen atoms in total. The lowest BCUT2D eigenvalue weighted by Crippen LogP contribution is -2.98. The summed E-state index contributed by atoms with van der Waals surface area (Å²) in [4.78, 5) is 11.5. The molecular formula is C23H29N8O+. The fourth-order valence-electron chi connectivity index (χ4n) is 3.98. The average Bonchev–Trinajstić information content (AvgIpc) is 3.08. The molecule has 2 aliphatic heterocycles. The van der Waals surface area contributed by atoms with Crippen molar-refractivity contribution < 1.29 is 10.3 Å². The van der Waals surface area contributed by atoms with Crippen LogP contribution in [0.5, 0.6) is 0 Å². The zero-order chi connectivity index (χ0) is 21.8. The topological polar surface area (TPSA) is 85.4 Å². The maximum atomic E-state index is 5.59. The standard InChI is InChI=1S/C23H28N8O/c1-29-17-25-28-31(29)20-8-6-19(7-9-20)26-23-24-11-10-22(27-23)18-4-2-5-21(16-18)30-12-3-14-32-15-13-30/h2,4-11,16,25,28H,3,12-15,17H2,1H3,(H,24,26,27)/p+1. The van der Waals surface area contributed by atoms with E-state index in [1.807, 2.05) is 30.8 Å². The van der Waals surface area contributed by atoms with Crippen molar-refractivity contribution in [2.24, 2.45) is 0 Å². The van der Waals surface area contributed by atoms with Crippen molar-refractivity contribution >= 4 is 23.0 Å². The smallest absolute Gasteiger partial charge is 0.227 e. The van der Waals surface area contributed by atoms with Crippen LogP contribution in [0, 0.1) is 0 Å². The third-order valence-corrected chi connectivity index (χ3v) is 5.67. The number of aromatic nitrogens is 2. The molecule has 2 aromatic carbocycles. The fourth-order valence-corrected chi connectivity index (χ4v) is 3.98. The summed E-state index contributed by atoms with van der Waals surface area (Å²) in [5.41, 5.74) is 10.4. The quantitative estimate of drug-likeness (QED) is 0.525. The Labute approximate surface area is 187 Å². The minimum Gasteiger partial charge on any atom is -0.380 e. The summed E-state index contributed by atoms with van der Waals surface area (Å²) in [7, 11) is 2.04. The van der Waals surface area contributed by atoms with Crippen molar-refractivity contribution in [2.75, 3.05) is 55.4 Å². The van der Waals surface area contributed by atoms with Crippen LogP contribution in [-0.4, -0.2) is 55.0 Å². The van der Waals surface area contributed by atoms with Crippen molar-refractivity contribution in [1.82, 2.24) is 20.4 Å². The first kappa shape index (κ1) is 20.7. The van der Waals surface area contributed by atoms with Gasteiger partial charge in [-0.2, -0.15) is 10.5 Å². The number of nitrogens with one attached hydrogen (secondary N) is 2. The van der Waals surface area contributed by atoms with E-state index in [0.717, 1.165) is 62.0 Å². The lowest BCUT2D eigenvalue weighted by molar-refractivity contribution is -0.710. The summed E-state index contributed by atoms with van der Waals surface area (Å²) >= 11 is 0. The van der Waals surface area contributed by atoms with E-state index in [0.29, 0.717) is 5.95 Å². The number of hydrogen-bond acceptors (Lipinski definition) is 8. The van der Waals surface area contributed by atoms with Crippen LogP contribution < -0.4 is 26.3 Å². The molecule has 0 atom stereocenters. The second-order valence-electron chi connectivity index (χ2n) is 7.93. The van der Waals surface area contributed by atoms with Gasteiger partial charge in [0.1, 0.15) is 12.4 Å². The molecule has 3 heterocycles. The highest BCUT2D eigenvalue weighted by molar-refractivity contribution is 5.67. The van der Waals surface area contributed by atoms with Gasteiger partial charge in [0.2, 0.25) is 5.95 Å². The van der Waals surface area contributed by atoms with Gasteiger partial charge >= 0.3 is 0 Å². The van der Waals surface area contributed by atoms with Gasteiger partial charge in [0.25, 0.3) is 0 Å². The molecule has 0 bridgehead atoms. The Hall–Kier alpha value is -3.24. The minimum atomic E-state index is 0.579. The Bertz CT molecular complexity index is 1040. The summed E-state index contributed by atoms with van der Waals surface area (Å²) < 4.78 is 5.59. The number of hydrogen-bond donors (Lipinski definition) is 3. The maximum absolute atomic E-state index is 5.59. The number of nitrogens with two attached hydrogens (primary N) is 1. The first-order valence-electron chi connectivity index (χ1n) is 11.0. The molecule has 0 amide bonds. The monoisotopic (exact) mass is 433 g/mol. The second-order valence-corrected chi connectivity index (χ2v) is 7.93. The van der Waals surface area contributed by atoms with Crippen molar-refractivity contribution in [3.63, 3.8) is 0 Å². The van der Waals surface area contributed by atoms with Crippen LogP contribution in [0.2, 0.25) is 0 Å². The zero-order valence-electron chi connectivity index (χ0n) is 18.2. The van der Waals surface area contributed by atoms with Crippen molar-refractivity contribution in [2.45, 2.75) is 6.42 Å². The number of rotatable bonds is 5. The van der Waals surface area contributed by atoms with Crippen LogP contribution in [0.4, 0.5) is 23.0 Å². The van der Waals surface area contributed by atoms with E-state index in [4.69, 9.17) is 9.72 Å². The molecule has 0 radical (unpaired) electrons. The maximum Gasteiger partial charge on any atom is 0.227 e. The van der Waals surface area contributed by atoms with Crippen LogP contribution in [-0.2, 0) is 4.74 Å². The molecule has 0 aliphatic carbocycles. The Morgan fingerprint density at radius 1 is 1.03 bits per heavy atom. The molecule has 3 aromatic rings. The van der Waals surface area contributed by atoms with Crippen LogP contribution in [0.1, 0.15) is 6.42 Å². The van der Waals surface area contributed by atoms with Gasteiger partial charge in [0.15, 0.2) is 0 Å². The third kappa shape index (κ3) is 4.66. The molecule has 32 heavy (non-hydrogen) atoms. The van der Waals surface area contributed by atoms with Crippen molar-refractivity contribution in [1.29, 1.82) is 0 Å². The number of benzene rings is 2. The van der Waals surface area contributed by atoms with E-state index in [1.165, 1.54) is 5.69 Å². The van der Waals surface area contributed by atoms with E-state index < -0.39 is 0 Å². The minimum absolute atomic E-state index is 0.579. The molecule has 9 heteroatoms. The number of hydrazine groups is 1. The predicted molar refractivity (Wildman–Crippen MR) is 125 cm³/mol. The molecule has 0 saturated carbocycles. The largest absolute Gasteiger partial charge is 0.380 e. The van der Waals surface area contributed by atoms with Crippen LogP contribution in [0.25, 0.3) is 11.3 Å².